The topological polar surface area (TPSA) is 51.2 Å². The minimum absolute atomic E-state index is 0.0726. The predicted octanol–water partition coefficient (Wildman–Crippen LogP) is 1.10. The van der Waals surface area contributed by atoms with Crippen molar-refractivity contribution in [1.82, 2.24) is 0 Å². The summed E-state index contributed by atoms with van der Waals surface area (Å²) in [5, 5.41) is 0. The second-order valence-electron chi connectivity index (χ2n) is 4.09. The molecule has 1 aliphatic heterocycles. The fourth-order valence-electron chi connectivity index (χ4n) is 2.16. The Labute approximate surface area is 84.1 Å². The first-order valence-corrected chi connectivity index (χ1v) is 6.84. The molecule has 3 nitrogen and oxygen atoms in total. The van der Waals surface area contributed by atoms with Crippen molar-refractivity contribution in [3.8, 4) is 0 Å². The molecule has 0 spiro atoms. The lowest BCUT2D eigenvalue weighted by Gasteiger charge is -2.06. The van der Waals surface area contributed by atoms with E-state index in [1.165, 1.54) is 0 Å². The monoisotopic (exact) mass is 214 g/mol. The van der Waals surface area contributed by atoms with Gasteiger partial charge in [-0.1, -0.05) is 6.08 Å². The van der Waals surface area contributed by atoms with Crippen molar-refractivity contribution in [2.75, 3.05) is 11.5 Å². The zero-order valence-electron chi connectivity index (χ0n) is 8.03. The quantitative estimate of drug-likeness (QED) is 0.691. The van der Waals surface area contributed by atoms with Gasteiger partial charge in [0.25, 0.3) is 0 Å². The van der Waals surface area contributed by atoms with Crippen molar-refractivity contribution in [2.45, 2.75) is 25.7 Å². The highest BCUT2D eigenvalue weighted by atomic mass is 32.2. The number of ketones is 1. The Balaban J connectivity index is 2.07. The average Bonchev–Trinajstić information content (AvgIpc) is 2.72. The molecule has 1 heterocycles. The predicted molar refractivity (Wildman–Crippen MR) is 53.7 cm³/mol. The molecular formula is C10H14O3S. The van der Waals surface area contributed by atoms with Crippen LogP contribution in [0, 0.1) is 5.92 Å². The van der Waals surface area contributed by atoms with Gasteiger partial charge in [-0.15, -0.1) is 0 Å². The third-order valence-corrected chi connectivity index (χ3v) is 4.73. The van der Waals surface area contributed by atoms with Crippen LogP contribution in [0.5, 0.6) is 0 Å². The van der Waals surface area contributed by atoms with Gasteiger partial charge in [0.1, 0.15) is 0 Å². The number of hydrogen-bond donors (Lipinski definition) is 0. The summed E-state index contributed by atoms with van der Waals surface area (Å²) in [5.74, 6) is 0.104. The second kappa shape index (κ2) is 3.50. The van der Waals surface area contributed by atoms with E-state index in [0.717, 1.165) is 24.8 Å². The largest absolute Gasteiger partial charge is 0.294 e. The molecule has 0 N–H and O–H groups in total. The minimum Gasteiger partial charge on any atom is -0.294 e. The van der Waals surface area contributed by atoms with Gasteiger partial charge in [0.2, 0.25) is 0 Å². The summed E-state index contributed by atoms with van der Waals surface area (Å²) >= 11 is 0. The first-order chi connectivity index (χ1) is 6.58. The van der Waals surface area contributed by atoms with Crippen molar-refractivity contribution < 1.29 is 13.2 Å². The molecule has 0 aromatic carbocycles. The normalized spacial score (nSPS) is 30.3. The summed E-state index contributed by atoms with van der Waals surface area (Å²) in [5.41, 5.74) is 0.868. The molecule has 78 valence electrons. The van der Waals surface area contributed by atoms with E-state index in [9.17, 15) is 13.2 Å². The summed E-state index contributed by atoms with van der Waals surface area (Å²) in [4.78, 5) is 11.8. The number of carbonyl (C=O) groups excluding carboxylic acids is 1. The third-order valence-electron chi connectivity index (χ3n) is 2.96. The zero-order chi connectivity index (χ0) is 10.2. The van der Waals surface area contributed by atoms with E-state index in [2.05, 4.69) is 0 Å². The fraction of sp³-hybridized carbons (Fsp3) is 0.700. The van der Waals surface area contributed by atoms with Crippen molar-refractivity contribution >= 4 is 15.6 Å². The van der Waals surface area contributed by atoms with Crippen molar-refractivity contribution in [2.24, 2.45) is 5.92 Å². The lowest BCUT2D eigenvalue weighted by Crippen LogP contribution is -2.17. The maximum absolute atomic E-state index is 11.8. The lowest BCUT2D eigenvalue weighted by molar-refractivity contribution is -0.118. The zero-order valence-corrected chi connectivity index (χ0v) is 8.85. The van der Waals surface area contributed by atoms with Gasteiger partial charge in [0.15, 0.2) is 15.6 Å². The van der Waals surface area contributed by atoms with E-state index in [1.54, 1.807) is 0 Å². The van der Waals surface area contributed by atoms with Gasteiger partial charge in [-0.2, -0.15) is 0 Å². The SMILES string of the molecule is O=C(C1=CCCC1)C1CCS(=O)(=O)C1. The van der Waals surface area contributed by atoms with Gasteiger partial charge in [0.05, 0.1) is 11.5 Å². The molecule has 1 unspecified atom stereocenters. The van der Waals surface area contributed by atoms with Gasteiger partial charge in [0, 0.05) is 5.92 Å². The van der Waals surface area contributed by atoms with E-state index in [-0.39, 0.29) is 23.2 Å². The smallest absolute Gasteiger partial charge is 0.162 e. The van der Waals surface area contributed by atoms with Gasteiger partial charge in [-0.25, -0.2) is 8.42 Å². The second-order valence-corrected chi connectivity index (χ2v) is 6.31. The molecule has 0 radical (unpaired) electrons. The Bertz CT molecular complexity index is 378. The molecule has 1 saturated heterocycles. The van der Waals surface area contributed by atoms with Crippen LogP contribution in [0.25, 0.3) is 0 Å². The number of hydrogen-bond acceptors (Lipinski definition) is 3. The Morgan fingerprint density at radius 3 is 2.71 bits per heavy atom. The molecule has 0 amide bonds. The standard InChI is InChI=1S/C10H14O3S/c11-10(8-3-1-2-4-8)9-5-6-14(12,13)7-9/h3,9H,1-2,4-7H2. The highest BCUT2D eigenvalue weighted by Crippen LogP contribution is 2.27. The summed E-state index contributed by atoms with van der Waals surface area (Å²) in [6.07, 6.45) is 5.35. The summed E-state index contributed by atoms with van der Waals surface area (Å²) < 4.78 is 22.4. The van der Waals surface area contributed by atoms with Gasteiger partial charge >= 0.3 is 0 Å². The van der Waals surface area contributed by atoms with E-state index >= 15 is 0 Å². The molecule has 2 aliphatic rings. The minimum atomic E-state index is -2.92. The molecule has 1 fully saturated rings. The fourth-order valence-corrected chi connectivity index (χ4v) is 3.90. The van der Waals surface area contributed by atoms with Crippen LogP contribution < -0.4 is 0 Å². The molecule has 2 rings (SSSR count). The molecule has 14 heavy (non-hydrogen) atoms. The maximum Gasteiger partial charge on any atom is 0.162 e. The van der Waals surface area contributed by atoms with Crippen LogP contribution in [-0.2, 0) is 14.6 Å². The van der Waals surface area contributed by atoms with Crippen LogP contribution in [0.15, 0.2) is 11.6 Å². The van der Waals surface area contributed by atoms with E-state index < -0.39 is 9.84 Å². The van der Waals surface area contributed by atoms with Crippen LogP contribution in [-0.4, -0.2) is 25.7 Å². The first-order valence-electron chi connectivity index (χ1n) is 5.02. The first kappa shape index (κ1) is 9.90. The molecule has 0 bridgehead atoms. The molecule has 0 saturated carbocycles. The lowest BCUT2D eigenvalue weighted by atomic mass is 9.97. The van der Waals surface area contributed by atoms with Crippen molar-refractivity contribution in [3.63, 3.8) is 0 Å². The van der Waals surface area contributed by atoms with E-state index in [0.29, 0.717) is 6.42 Å². The molecular weight excluding hydrogens is 200 g/mol. The van der Waals surface area contributed by atoms with Crippen LogP contribution in [0.4, 0.5) is 0 Å². The van der Waals surface area contributed by atoms with Crippen LogP contribution in [0.1, 0.15) is 25.7 Å². The van der Waals surface area contributed by atoms with E-state index in [1.807, 2.05) is 6.08 Å². The summed E-state index contributed by atoms with van der Waals surface area (Å²) in [7, 11) is -2.92. The Morgan fingerprint density at radius 1 is 1.43 bits per heavy atom. The van der Waals surface area contributed by atoms with Crippen LogP contribution in [0.2, 0.25) is 0 Å². The average molecular weight is 214 g/mol. The highest BCUT2D eigenvalue weighted by Gasteiger charge is 2.34. The number of sulfone groups is 1. The molecule has 1 atom stereocenters. The molecule has 0 aromatic heterocycles. The number of allylic oxidation sites excluding steroid dienone is 2. The van der Waals surface area contributed by atoms with Gasteiger partial charge in [-0.3, -0.25) is 4.79 Å². The molecule has 0 aromatic rings. The molecule has 4 heteroatoms. The number of rotatable bonds is 2. The summed E-state index contributed by atoms with van der Waals surface area (Å²) in [6, 6.07) is 0. The van der Waals surface area contributed by atoms with Gasteiger partial charge in [-0.05, 0) is 31.3 Å². The Hall–Kier alpha value is -0.640. The third kappa shape index (κ3) is 1.90. The Morgan fingerprint density at radius 2 is 2.21 bits per heavy atom. The van der Waals surface area contributed by atoms with Crippen molar-refractivity contribution in [1.29, 1.82) is 0 Å². The van der Waals surface area contributed by atoms with E-state index in [4.69, 9.17) is 0 Å². The highest BCUT2D eigenvalue weighted by molar-refractivity contribution is 7.91. The summed E-state index contributed by atoms with van der Waals surface area (Å²) in [6.45, 7) is 0. The van der Waals surface area contributed by atoms with Crippen LogP contribution >= 0.6 is 0 Å². The number of Topliss-reactive ketones (excluding diaryl/α,β-unsaturated/α-hetero) is 1. The molecule has 1 aliphatic carbocycles. The maximum atomic E-state index is 11.8. The Kier molecular flexibility index (Phi) is 2.47. The van der Waals surface area contributed by atoms with Crippen molar-refractivity contribution in [3.05, 3.63) is 11.6 Å². The van der Waals surface area contributed by atoms with Crippen LogP contribution in [0.3, 0.4) is 0 Å². The van der Waals surface area contributed by atoms with Gasteiger partial charge < -0.3 is 0 Å². The number of carbonyl (C=O) groups is 1.